The van der Waals surface area contributed by atoms with Gasteiger partial charge in [0.15, 0.2) is 5.16 Å². The van der Waals surface area contributed by atoms with E-state index >= 15 is 0 Å². The Bertz CT molecular complexity index is 1130. The molecule has 4 aromatic rings. The third kappa shape index (κ3) is 2.47. The Hall–Kier alpha value is -2.80. The average Bonchev–Trinajstić information content (AvgIpc) is 3.09. The van der Waals surface area contributed by atoms with E-state index in [0.717, 1.165) is 22.0 Å². The predicted octanol–water partition coefficient (Wildman–Crippen LogP) is 2.82. The van der Waals surface area contributed by atoms with Crippen LogP contribution in [0, 0.1) is 0 Å². The highest BCUT2D eigenvalue weighted by atomic mass is 32.2. The molecule has 0 unspecified atom stereocenters. The van der Waals surface area contributed by atoms with Gasteiger partial charge < -0.3 is 4.74 Å². The van der Waals surface area contributed by atoms with E-state index in [4.69, 9.17) is 4.74 Å². The quantitative estimate of drug-likeness (QED) is 0.529. The zero-order valence-electron chi connectivity index (χ0n) is 13.8. The molecule has 2 aromatic heterocycles. The van der Waals surface area contributed by atoms with Crippen LogP contribution in [-0.4, -0.2) is 32.5 Å². The van der Waals surface area contributed by atoms with Crippen LogP contribution in [0.3, 0.4) is 0 Å². The minimum Gasteiger partial charge on any atom is -0.496 e. The van der Waals surface area contributed by atoms with E-state index in [1.165, 1.54) is 11.8 Å². The summed E-state index contributed by atoms with van der Waals surface area (Å²) in [6.45, 7) is 0.365. The van der Waals surface area contributed by atoms with Crippen molar-refractivity contribution in [2.75, 3.05) is 13.4 Å². The minimum atomic E-state index is -0.0888. The number of hydrogen-bond donors (Lipinski definition) is 0. The molecule has 0 radical (unpaired) electrons. The molecule has 6 nitrogen and oxygen atoms in total. The summed E-state index contributed by atoms with van der Waals surface area (Å²) >= 11 is 1.50. The highest BCUT2D eigenvalue weighted by Gasteiger charge is 2.17. The standard InChI is InChI=1S/C18H16N4O2S/c1-24-15-10-6-3-7-12(15)11-21-16(23)13-8-4-5-9-14(13)22-17(21)19-20-18(22)25-2/h3-10H,11H2,1-2H3. The molecule has 2 aromatic carbocycles. The summed E-state index contributed by atoms with van der Waals surface area (Å²) in [6, 6.07) is 15.2. The van der Waals surface area contributed by atoms with Gasteiger partial charge in [-0.1, -0.05) is 42.1 Å². The van der Waals surface area contributed by atoms with Crippen molar-refractivity contribution in [1.82, 2.24) is 19.2 Å². The van der Waals surface area contributed by atoms with E-state index in [2.05, 4.69) is 10.2 Å². The molecule has 0 aliphatic heterocycles. The molecule has 0 aliphatic rings. The van der Waals surface area contributed by atoms with Crippen LogP contribution in [0.4, 0.5) is 0 Å². The first-order valence-corrected chi connectivity index (χ1v) is 8.99. The fourth-order valence-corrected chi connectivity index (χ4v) is 3.50. The molecule has 25 heavy (non-hydrogen) atoms. The van der Waals surface area contributed by atoms with Crippen LogP contribution in [0.5, 0.6) is 5.75 Å². The molecule has 126 valence electrons. The summed E-state index contributed by atoms with van der Waals surface area (Å²) in [5.74, 6) is 1.27. The van der Waals surface area contributed by atoms with Crippen LogP contribution in [0.2, 0.25) is 0 Å². The number of methoxy groups -OCH3 is 1. The SMILES string of the molecule is COc1ccccc1Cn1c(=O)c2ccccc2n2c(SC)nnc12. The van der Waals surface area contributed by atoms with Gasteiger partial charge in [0, 0.05) is 5.56 Å². The van der Waals surface area contributed by atoms with Gasteiger partial charge in [0.2, 0.25) is 5.78 Å². The smallest absolute Gasteiger partial charge is 0.263 e. The Morgan fingerprint density at radius 1 is 1.08 bits per heavy atom. The Balaban J connectivity index is 2.04. The average molecular weight is 352 g/mol. The lowest BCUT2D eigenvalue weighted by atomic mass is 10.2. The summed E-state index contributed by atoms with van der Waals surface area (Å²) in [4.78, 5) is 13.1. The number of fused-ring (bicyclic) bond motifs is 3. The van der Waals surface area contributed by atoms with Gasteiger partial charge in [-0.2, -0.15) is 0 Å². The first kappa shape index (κ1) is 15.7. The Morgan fingerprint density at radius 3 is 2.64 bits per heavy atom. The normalized spacial score (nSPS) is 11.3. The molecular formula is C18H16N4O2S. The van der Waals surface area contributed by atoms with Crippen LogP contribution in [0.1, 0.15) is 5.56 Å². The summed E-state index contributed by atoms with van der Waals surface area (Å²) in [5, 5.41) is 9.89. The topological polar surface area (TPSA) is 61.4 Å². The highest BCUT2D eigenvalue weighted by Crippen LogP contribution is 2.22. The molecule has 0 aliphatic carbocycles. The number of aromatic nitrogens is 4. The van der Waals surface area contributed by atoms with Gasteiger partial charge in [0.25, 0.3) is 5.56 Å². The maximum Gasteiger partial charge on any atom is 0.263 e. The molecule has 0 atom stereocenters. The van der Waals surface area contributed by atoms with Crippen LogP contribution < -0.4 is 10.3 Å². The number of para-hydroxylation sites is 2. The third-order valence-corrected chi connectivity index (χ3v) is 4.81. The summed E-state index contributed by atoms with van der Waals surface area (Å²) in [7, 11) is 1.63. The number of rotatable bonds is 4. The van der Waals surface area contributed by atoms with Crippen molar-refractivity contribution >= 4 is 28.4 Å². The second kappa shape index (κ2) is 6.25. The fourth-order valence-electron chi connectivity index (χ4n) is 3.01. The molecule has 7 heteroatoms. The number of ether oxygens (including phenoxy) is 1. The van der Waals surface area contributed by atoms with Gasteiger partial charge in [-0.3, -0.25) is 13.8 Å². The molecule has 4 rings (SSSR count). The highest BCUT2D eigenvalue weighted by molar-refractivity contribution is 7.98. The van der Waals surface area contributed by atoms with Crippen LogP contribution in [-0.2, 0) is 6.54 Å². The van der Waals surface area contributed by atoms with Crippen molar-refractivity contribution < 1.29 is 4.74 Å². The van der Waals surface area contributed by atoms with Gasteiger partial charge in [0.05, 0.1) is 24.6 Å². The predicted molar refractivity (Wildman–Crippen MR) is 98.6 cm³/mol. The van der Waals surface area contributed by atoms with Gasteiger partial charge in [0.1, 0.15) is 5.75 Å². The lowest BCUT2D eigenvalue weighted by Gasteiger charge is -2.13. The number of nitrogens with zero attached hydrogens (tertiary/aromatic N) is 4. The molecule has 2 heterocycles. The van der Waals surface area contributed by atoms with E-state index in [9.17, 15) is 4.79 Å². The Labute approximate surface area is 148 Å². The van der Waals surface area contributed by atoms with Gasteiger partial charge in [-0.15, -0.1) is 10.2 Å². The molecule has 0 saturated heterocycles. The fraction of sp³-hybridized carbons (Fsp3) is 0.167. The molecule has 0 saturated carbocycles. The van der Waals surface area contributed by atoms with E-state index < -0.39 is 0 Å². The van der Waals surface area contributed by atoms with Crippen molar-refractivity contribution in [3.63, 3.8) is 0 Å². The summed E-state index contributed by atoms with van der Waals surface area (Å²) < 4.78 is 8.99. The lowest BCUT2D eigenvalue weighted by molar-refractivity contribution is 0.408. The Morgan fingerprint density at radius 2 is 1.84 bits per heavy atom. The maximum atomic E-state index is 13.1. The summed E-state index contributed by atoms with van der Waals surface area (Å²) in [6.07, 6.45) is 1.95. The van der Waals surface area contributed by atoms with Gasteiger partial charge >= 0.3 is 0 Å². The third-order valence-electron chi connectivity index (χ3n) is 4.18. The zero-order valence-corrected chi connectivity index (χ0v) is 14.7. The van der Waals surface area contributed by atoms with Crippen LogP contribution >= 0.6 is 11.8 Å². The second-order valence-electron chi connectivity index (χ2n) is 5.54. The summed E-state index contributed by atoms with van der Waals surface area (Å²) in [5.41, 5.74) is 1.64. The first-order chi connectivity index (χ1) is 12.2. The number of hydrogen-bond acceptors (Lipinski definition) is 5. The molecule has 0 N–H and O–H groups in total. The lowest BCUT2D eigenvalue weighted by Crippen LogP contribution is -2.24. The van der Waals surface area contributed by atoms with Gasteiger partial charge in [-0.05, 0) is 24.5 Å². The van der Waals surface area contributed by atoms with Crippen LogP contribution in [0.25, 0.3) is 16.7 Å². The Kier molecular flexibility index (Phi) is 3.93. The van der Waals surface area contributed by atoms with E-state index in [1.54, 1.807) is 11.7 Å². The monoisotopic (exact) mass is 352 g/mol. The number of thioether (sulfide) groups is 1. The zero-order chi connectivity index (χ0) is 17.4. The second-order valence-corrected chi connectivity index (χ2v) is 6.32. The molecule has 0 fully saturated rings. The molecule has 0 bridgehead atoms. The molecular weight excluding hydrogens is 336 g/mol. The van der Waals surface area contributed by atoms with Crippen molar-refractivity contribution in [3.05, 3.63) is 64.4 Å². The minimum absolute atomic E-state index is 0.0888. The molecule has 0 spiro atoms. The van der Waals surface area contributed by atoms with Crippen LogP contribution in [0.15, 0.2) is 58.5 Å². The van der Waals surface area contributed by atoms with Crippen molar-refractivity contribution in [1.29, 1.82) is 0 Å². The van der Waals surface area contributed by atoms with E-state index in [0.29, 0.717) is 17.7 Å². The first-order valence-electron chi connectivity index (χ1n) is 7.77. The van der Waals surface area contributed by atoms with Crippen molar-refractivity contribution in [2.45, 2.75) is 11.7 Å². The van der Waals surface area contributed by atoms with E-state index in [-0.39, 0.29) is 5.56 Å². The largest absolute Gasteiger partial charge is 0.496 e. The van der Waals surface area contributed by atoms with E-state index in [1.807, 2.05) is 59.2 Å². The molecule has 0 amide bonds. The van der Waals surface area contributed by atoms with Gasteiger partial charge in [-0.25, -0.2) is 0 Å². The number of benzene rings is 2. The van der Waals surface area contributed by atoms with Crippen molar-refractivity contribution in [3.8, 4) is 5.75 Å². The van der Waals surface area contributed by atoms with Crippen molar-refractivity contribution in [2.24, 2.45) is 0 Å². The maximum absolute atomic E-state index is 13.1.